The van der Waals surface area contributed by atoms with E-state index in [9.17, 15) is 0 Å². The van der Waals surface area contributed by atoms with Gasteiger partial charge in [0.05, 0.1) is 0 Å². The Morgan fingerprint density at radius 1 is 0.895 bits per heavy atom. The monoisotopic (exact) mass is 251 g/mol. The molecule has 1 saturated carbocycles. The lowest BCUT2D eigenvalue weighted by atomic mass is 9.76. The molecule has 0 bridgehead atoms. The molecule has 0 saturated heterocycles. The lowest BCUT2D eigenvalue weighted by Crippen LogP contribution is -2.45. The van der Waals surface area contributed by atoms with E-state index in [1.54, 1.807) is 0 Å². The number of benzene rings is 2. The van der Waals surface area contributed by atoms with Crippen molar-refractivity contribution in [1.29, 1.82) is 0 Å². The molecule has 1 aliphatic carbocycles. The van der Waals surface area contributed by atoms with Crippen LogP contribution in [0.15, 0.2) is 54.6 Å². The second-order valence-corrected chi connectivity index (χ2v) is 6.22. The van der Waals surface area contributed by atoms with Crippen LogP contribution in [0.2, 0.25) is 0 Å². The lowest BCUT2D eigenvalue weighted by Gasteiger charge is -2.33. The van der Waals surface area contributed by atoms with Gasteiger partial charge in [0, 0.05) is 11.0 Å². The van der Waals surface area contributed by atoms with Crippen LogP contribution in [0.5, 0.6) is 0 Å². The normalized spacial score (nSPS) is 17.2. The van der Waals surface area contributed by atoms with Gasteiger partial charge in [0.15, 0.2) is 0 Å². The van der Waals surface area contributed by atoms with E-state index in [0.717, 1.165) is 0 Å². The molecule has 98 valence electrons. The molecular weight excluding hydrogens is 230 g/mol. The minimum absolute atomic E-state index is 0.152. The van der Waals surface area contributed by atoms with E-state index >= 15 is 0 Å². The van der Waals surface area contributed by atoms with Crippen LogP contribution in [0.1, 0.15) is 32.3 Å². The second kappa shape index (κ2) is 4.21. The summed E-state index contributed by atoms with van der Waals surface area (Å²) in [4.78, 5) is 0. The zero-order valence-corrected chi connectivity index (χ0v) is 11.7. The van der Waals surface area contributed by atoms with Gasteiger partial charge in [-0.3, -0.25) is 0 Å². The standard InChI is InChI=1S/C18H21N/c1-17(2,19)18(12-13-18)16-11-7-6-10-15(16)14-8-4-3-5-9-14/h3-11H,12-13,19H2,1-2H3. The van der Waals surface area contributed by atoms with E-state index in [-0.39, 0.29) is 11.0 Å². The number of nitrogens with two attached hydrogens (primary N) is 1. The van der Waals surface area contributed by atoms with Gasteiger partial charge in [-0.1, -0.05) is 54.6 Å². The summed E-state index contributed by atoms with van der Waals surface area (Å²) >= 11 is 0. The average molecular weight is 251 g/mol. The van der Waals surface area contributed by atoms with E-state index in [1.807, 2.05) is 0 Å². The van der Waals surface area contributed by atoms with Crippen molar-refractivity contribution in [2.45, 2.75) is 37.6 Å². The molecule has 1 fully saturated rings. The Morgan fingerprint density at radius 3 is 2.05 bits per heavy atom. The summed E-state index contributed by atoms with van der Waals surface area (Å²) in [6.45, 7) is 4.31. The summed E-state index contributed by atoms with van der Waals surface area (Å²) in [7, 11) is 0. The summed E-state index contributed by atoms with van der Waals surface area (Å²) < 4.78 is 0. The van der Waals surface area contributed by atoms with Gasteiger partial charge in [-0.05, 0) is 43.4 Å². The van der Waals surface area contributed by atoms with Crippen molar-refractivity contribution in [3.05, 3.63) is 60.2 Å². The van der Waals surface area contributed by atoms with Crippen molar-refractivity contribution < 1.29 is 0 Å². The maximum absolute atomic E-state index is 6.45. The number of rotatable bonds is 3. The van der Waals surface area contributed by atoms with Crippen molar-refractivity contribution in [2.75, 3.05) is 0 Å². The van der Waals surface area contributed by atoms with Gasteiger partial charge < -0.3 is 5.73 Å². The van der Waals surface area contributed by atoms with Gasteiger partial charge >= 0.3 is 0 Å². The molecule has 2 aromatic carbocycles. The maximum atomic E-state index is 6.45. The van der Waals surface area contributed by atoms with E-state index in [0.29, 0.717) is 0 Å². The van der Waals surface area contributed by atoms with Crippen LogP contribution >= 0.6 is 0 Å². The van der Waals surface area contributed by atoms with Crippen LogP contribution in [-0.2, 0) is 5.41 Å². The minimum Gasteiger partial charge on any atom is -0.325 e. The fourth-order valence-corrected chi connectivity index (χ4v) is 3.16. The van der Waals surface area contributed by atoms with Gasteiger partial charge in [0.1, 0.15) is 0 Å². The summed E-state index contributed by atoms with van der Waals surface area (Å²) in [5.41, 5.74) is 10.5. The average Bonchev–Trinajstić information content (AvgIpc) is 3.21. The molecule has 2 N–H and O–H groups in total. The molecule has 19 heavy (non-hydrogen) atoms. The van der Waals surface area contributed by atoms with Crippen LogP contribution in [0.4, 0.5) is 0 Å². The third-order valence-electron chi connectivity index (χ3n) is 4.51. The molecule has 1 aliphatic rings. The molecule has 1 nitrogen and oxygen atoms in total. The highest BCUT2D eigenvalue weighted by molar-refractivity contribution is 5.70. The number of hydrogen-bond acceptors (Lipinski definition) is 1. The maximum Gasteiger partial charge on any atom is 0.0195 e. The smallest absolute Gasteiger partial charge is 0.0195 e. The van der Waals surface area contributed by atoms with Crippen molar-refractivity contribution in [2.24, 2.45) is 5.73 Å². The first kappa shape index (κ1) is 12.4. The molecule has 0 amide bonds. The summed E-state index contributed by atoms with van der Waals surface area (Å²) in [5, 5.41) is 0. The molecule has 0 unspecified atom stereocenters. The Hall–Kier alpha value is -1.60. The van der Waals surface area contributed by atoms with E-state index in [1.165, 1.54) is 29.5 Å². The highest BCUT2D eigenvalue weighted by Gasteiger charge is 2.54. The van der Waals surface area contributed by atoms with Crippen LogP contribution in [0.25, 0.3) is 11.1 Å². The van der Waals surface area contributed by atoms with Crippen LogP contribution in [-0.4, -0.2) is 5.54 Å². The Bertz CT molecular complexity index is 574. The topological polar surface area (TPSA) is 26.0 Å². The molecule has 0 atom stereocenters. The van der Waals surface area contributed by atoms with Gasteiger partial charge in [0.25, 0.3) is 0 Å². The predicted molar refractivity (Wildman–Crippen MR) is 81.1 cm³/mol. The van der Waals surface area contributed by atoms with E-state index in [4.69, 9.17) is 5.73 Å². The highest BCUT2D eigenvalue weighted by atomic mass is 14.8. The molecule has 2 aromatic rings. The molecular formula is C18H21N. The molecule has 0 aliphatic heterocycles. The first-order valence-corrected chi connectivity index (χ1v) is 6.98. The fourth-order valence-electron chi connectivity index (χ4n) is 3.16. The van der Waals surface area contributed by atoms with Gasteiger partial charge in [-0.2, -0.15) is 0 Å². The minimum atomic E-state index is -0.169. The molecule has 0 radical (unpaired) electrons. The zero-order chi connectivity index (χ0) is 13.5. The molecule has 0 spiro atoms. The van der Waals surface area contributed by atoms with Gasteiger partial charge in [-0.25, -0.2) is 0 Å². The van der Waals surface area contributed by atoms with Crippen molar-refractivity contribution in [1.82, 2.24) is 0 Å². The fraction of sp³-hybridized carbons (Fsp3) is 0.333. The SMILES string of the molecule is CC(C)(N)C1(c2ccccc2-c2ccccc2)CC1. The number of hydrogen-bond donors (Lipinski definition) is 1. The van der Waals surface area contributed by atoms with Crippen LogP contribution in [0.3, 0.4) is 0 Å². The Kier molecular flexibility index (Phi) is 2.75. The van der Waals surface area contributed by atoms with Crippen molar-refractivity contribution in [3.63, 3.8) is 0 Å². The highest BCUT2D eigenvalue weighted by Crippen LogP contribution is 2.56. The summed E-state index contributed by atoms with van der Waals surface area (Å²) in [5.74, 6) is 0. The predicted octanol–water partition coefficient (Wildman–Crippen LogP) is 4.12. The first-order chi connectivity index (χ1) is 9.05. The Balaban J connectivity index is 2.15. The van der Waals surface area contributed by atoms with Crippen LogP contribution in [0, 0.1) is 0 Å². The van der Waals surface area contributed by atoms with Gasteiger partial charge in [-0.15, -0.1) is 0 Å². The van der Waals surface area contributed by atoms with E-state index in [2.05, 4.69) is 68.4 Å². The second-order valence-electron chi connectivity index (χ2n) is 6.22. The van der Waals surface area contributed by atoms with Gasteiger partial charge in [0.2, 0.25) is 0 Å². The molecule has 3 rings (SSSR count). The molecule has 0 heterocycles. The van der Waals surface area contributed by atoms with Crippen LogP contribution < -0.4 is 5.73 Å². The lowest BCUT2D eigenvalue weighted by molar-refractivity contribution is 0.392. The summed E-state index contributed by atoms with van der Waals surface area (Å²) in [6.07, 6.45) is 2.39. The first-order valence-electron chi connectivity index (χ1n) is 6.98. The van der Waals surface area contributed by atoms with E-state index < -0.39 is 0 Å². The third kappa shape index (κ3) is 1.98. The summed E-state index contributed by atoms with van der Waals surface area (Å²) in [6, 6.07) is 19.3. The largest absolute Gasteiger partial charge is 0.325 e. The quantitative estimate of drug-likeness (QED) is 0.872. The Labute approximate surface area is 115 Å². The molecule has 0 aromatic heterocycles. The Morgan fingerprint density at radius 2 is 1.47 bits per heavy atom. The van der Waals surface area contributed by atoms with Crippen molar-refractivity contribution >= 4 is 0 Å². The zero-order valence-electron chi connectivity index (χ0n) is 11.7. The van der Waals surface area contributed by atoms with Crippen molar-refractivity contribution in [3.8, 4) is 11.1 Å². The molecule has 1 heteroatoms. The third-order valence-corrected chi connectivity index (χ3v) is 4.51.